The third-order valence-corrected chi connectivity index (χ3v) is 6.92. The first-order chi connectivity index (χ1) is 15.0. The van der Waals surface area contributed by atoms with Crippen LogP contribution in [0.1, 0.15) is 25.7 Å². The molecule has 176 valence electrons. The Morgan fingerprint density at radius 1 is 1.12 bits per heavy atom. The Hall–Kier alpha value is -2.77. The number of sulfonamides is 1. The minimum Gasteiger partial charge on any atom is -0.511 e. The Morgan fingerprint density at radius 2 is 1.72 bits per heavy atom. The fraction of sp³-hybridized carbons (Fsp3) is 0.421. The minimum atomic E-state index is -4.79. The van der Waals surface area contributed by atoms with Crippen LogP contribution in [0.3, 0.4) is 0 Å². The summed E-state index contributed by atoms with van der Waals surface area (Å²) in [6.07, 6.45) is -2.96. The summed E-state index contributed by atoms with van der Waals surface area (Å²) >= 11 is 0. The van der Waals surface area contributed by atoms with Crippen LogP contribution >= 0.6 is 0 Å². The van der Waals surface area contributed by atoms with Gasteiger partial charge >= 0.3 is 6.36 Å². The number of hydroxylamine groups is 1. The van der Waals surface area contributed by atoms with Gasteiger partial charge in [-0.3, -0.25) is 10.0 Å². The molecule has 1 aliphatic carbocycles. The van der Waals surface area contributed by atoms with Crippen molar-refractivity contribution in [3.63, 3.8) is 0 Å². The minimum absolute atomic E-state index is 0.0639. The number of alkyl halides is 3. The van der Waals surface area contributed by atoms with Gasteiger partial charge in [0, 0.05) is 19.5 Å². The molecule has 3 rings (SSSR count). The number of hydrogen-bond acceptors (Lipinski definition) is 7. The van der Waals surface area contributed by atoms with E-state index in [2.05, 4.69) is 4.74 Å². The number of nitrogens with zero attached hydrogens (tertiary/aromatic N) is 1. The Labute approximate surface area is 181 Å². The van der Waals surface area contributed by atoms with Gasteiger partial charge in [-0.2, -0.15) is 4.31 Å². The highest BCUT2D eigenvalue weighted by molar-refractivity contribution is 7.93. The van der Waals surface area contributed by atoms with Crippen molar-refractivity contribution in [2.24, 2.45) is 0 Å². The molecule has 0 aromatic heterocycles. The topological polar surface area (TPSA) is 125 Å². The SMILES string of the molecule is O=C(NO)C1=C(O)CCC=C1S(=O)(=O)N1CCC(Oc2ccc(OC(F)(F)F)cc2)CC1. The van der Waals surface area contributed by atoms with Crippen LogP contribution in [0.4, 0.5) is 13.2 Å². The van der Waals surface area contributed by atoms with Crippen molar-refractivity contribution >= 4 is 15.9 Å². The van der Waals surface area contributed by atoms with E-state index in [0.717, 1.165) is 16.4 Å². The number of hydrogen-bond donors (Lipinski definition) is 3. The van der Waals surface area contributed by atoms with Gasteiger partial charge in [-0.05, 0) is 43.5 Å². The van der Waals surface area contributed by atoms with Crippen molar-refractivity contribution < 1.29 is 46.2 Å². The molecule has 1 aliphatic heterocycles. The number of carbonyl (C=O) groups is 1. The average Bonchev–Trinajstić information content (AvgIpc) is 2.74. The van der Waals surface area contributed by atoms with Gasteiger partial charge in [0.1, 0.15) is 23.4 Å². The third-order valence-electron chi connectivity index (χ3n) is 4.95. The zero-order valence-electron chi connectivity index (χ0n) is 16.6. The van der Waals surface area contributed by atoms with E-state index in [1.165, 1.54) is 23.7 Å². The van der Waals surface area contributed by atoms with Crippen LogP contribution in [0.5, 0.6) is 11.5 Å². The molecule has 0 radical (unpaired) electrons. The van der Waals surface area contributed by atoms with Crippen LogP contribution in [0.2, 0.25) is 0 Å². The quantitative estimate of drug-likeness (QED) is 0.424. The predicted octanol–water partition coefficient (Wildman–Crippen LogP) is 2.75. The molecular weight excluding hydrogens is 457 g/mol. The van der Waals surface area contributed by atoms with Crippen molar-refractivity contribution in [2.75, 3.05) is 13.1 Å². The van der Waals surface area contributed by atoms with E-state index in [4.69, 9.17) is 9.94 Å². The second-order valence-electron chi connectivity index (χ2n) is 7.11. The Balaban J connectivity index is 1.63. The first-order valence-electron chi connectivity index (χ1n) is 9.61. The summed E-state index contributed by atoms with van der Waals surface area (Å²) in [6.45, 7) is 0.128. The number of nitrogens with one attached hydrogen (secondary N) is 1. The van der Waals surface area contributed by atoms with Gasteiger partial charge in [-0.1, -0.05) is 6.08 Å². The Morgan fingerprint density at radius 3 is 2.28 bits per heavy atom. The number of aliphatic hydroxyl groups is 1. The molecule has 1 aromatic rings. The molecule has 0 spiro atoms. The number of carbonyl (C=O) groups excluding carboxylic acids is 1. The molecule has 1 heterocycles. The lowest BCUT2D eigenvalue weighted by Crippen LogP contribution is -2.43. The van der Waals surface area contributed by atoms with Crippen molar-refractivity contribution in [2.45, 2.75) is 38.1 Å². The van der Waals surface area contributed by atoms with E-state index >= 15 is 0 Å². The summed E-state index contributed by atoms with van der Waals surface area (Å²) in [5.41, 5.74) is 0.861. The smallest absolute Gasteiger partial charge is 0.511 e. The number of piperidine rings is 1. The van der Waals surface area contributed by atoms with Gasteiger partial charge in [0.2, 0.25) is 10.0 Å². The third kappa shape index (κ3) is 5.53. The Kier molecular flexibility index (Phi) is 7.00. The normalized spacial score (nSPS) is 18.8. The molecule has 0 atom stereocenters. The summed E-state index contributed by atoms with van der Waals surface area (Å²) in [7, 11) is -4.12. The summed E-state index contributed by atoms with van der Waals surface area (Å²) in [5.74, 6) is -1.61. The maximum Gasteiger partial charge on any atom is 0.573 e. The number of benzene rings is 1. The van der Waals surface area contributed by atoms with E-state index < -0.39 is 33.6 Å². The van der Waals surface area contributed by atoms with Crippen LogP contribution in [0.25, 0.3) is 0 Å². The molecule has 32 heavy (non-hydrogen) atoms. The highest BCUT2D eigenvalue weighted by atomic mass is 32.2. The maximum atomic E-state index is 13.0. The first kappa shape index (κ1) is 23.9. The van der Waals surface area contributed by atoms with Crippen LogP contribution in [-0.2, 0) is 14.8 Å². The number of halogens is 3. The number of ether oxygens (including phenoxy) is 2. The summed E-state index contributed by atoms with van der Waals surface area (Å²) < 4.78 is 73.4. The lowest BCUT2D eigenvalue weighted by molar-refractivity contribution is -0.274. The lowest BCUT2D eigenvalue weighted by atomic mass is 10.0. The molecule has 1 saturated heterocycles. The molecule has 9 nitrogen and oxygen atoms in total. The second kappa shape index (κ2) is 9.38. The van der Waals surface area contributed by atoms with E-state index in [1.807, 2.05) is 0 Å². The molecular formula is C19H21F3N2O7S. The summed E-state index contributed by atoms with van der Waals surface area (Å²) in [4.78, 5) is 11.5. The maximum absolute atomic E-state index is 13.0. The van der Waals surface area contributed by atoms with E-state index in [9.17, 15) is 31.5 Å². The molecule has 3 N–H and O–H groups in total. The fourth-order valence-corrected chi connectivity index (χ4v) is 5.25. The second-order valence-corrected chi connectivity index (χ2v) is 9.02. The van der Waals surface area contributed by atoms with Gasteiger partial charge in [0.15, 0.2) is 0 Å². The first-order valence-corrected chi connectivity index (χ1v) is 11.0. The van der Waals surface area contributed by atoms with Gasteiger partial charge in [0.05, 0.1) is 10.5 Å². The van der Waals surface area contributed by atoms with Crippen molar-refractivity contribution in [3.05, 3.63) is 46.6 Å². The molecule has 1 aromatic carbocycles. The number of amides is 1. The predicted molar refractivity (Wildman–Crippen MR) is 104 cm³/mol. The van der Waals surface area contributed by atoms with Crippen molar-refractivity contribution in [3.8, 4) is 11.5 Å². The highest BCUT2D eigenvalue weighted by Gasteiger charge is 2.37. The molecule has 0 bridgehead atoms. The fourth-order valence-electron chi connectivity index (χ4n) is 3.48. The monoisotopic (exact) mass is 478 g/mol. The average molecular weight is 478 g/mol. The zero-order chi connectivity index (χ0) is 23.5. The van der Waals surface area contributed by atoms with E-state index in [1.54, 1.807) is 0 Å². The lowest BCUT2D eigenvalue weighted by Gasteiger charge is -2.32. The van der Waals surface area contributed by atoms with E-state index in [-0.39, 0.29) is 42.7 Å². The summed E-state index contributed by atoms with van der Waals surface area (Å²) in [5, 5.41) is 18.9. The van der Waals surface area contributed by atoms with Crippen LogP contribution in [-0.4, -0.2) is 54.5 Å². The van der Waals surface area contributed by atoms with Gasteiger partial charge < -0.3 is 14.6 Å². The van der Waals surface area contributed by atoms with Gasteiger partial charge in [0.25, 0.3) is 5.91 Å². The van der Waals surface area contributed by atoms with Gasteiger partial charge in [-0.25, -0.2) is 13.9 Å². The Bertz CT molecular complexity index is 1010. The van der Waals surface area contributed by atoms with Crippen molar-refractivity contribution in [1.29, 1.82) is 0 Å². The van der Waals surface area contributed by atoms with Crippen LogP contribution in [0, 0.1) is 0 Å². The molecule has 1 fully saturated rings. The number of allylic oxidation sites excluding steroid dienone is 2. The molecule has 0 unspecified atom stereocenters. The molecule has 2 aliphatic rings. The molecule has 0 saturated carbocycles. The van der Waals surface area contributed by atoms with Crippen LogP contribution < -0.4 is 15.0 Å². The molecule has 13 heteroatoms. The number of aliphatic hydroxyl groups excluding tert-OH is 1. The van der Waals surface area contributed by atoms with Crippen LogP contribution in [0.15, 0.2) is 46.6 Å². The number of rotatable bonds is 6. The highest BCUT2D eigenvalue weighted by Crippen LogP contribution is 2.32. The largest absolute Gasteiger partial charge is 0.573 e. The van der Waals surface area contributed by atoms with E-state index in [0.29, 0.717) is 18.6 Å². The molecule has 1 amide bonds. The standard InChI is InChI=1S/C19H21F3N2O7S/c20-19(21,22)31-14-6-4-12(5-7-14)30-13-8-10-24(11-9-13)32(28,29)16-3-1-2-15(25)17(16)18(26)23-27/h3-7,13,25,27H,1-2,8-11H2,(H,23,26). The zero-order valence-corrected chi connectivity index (χ0v) is 17.4. The van der Waals surface area contributed by atoms with Gasteiger partial charge in [-0.15, -0.1) is 13.2 Å². The summed E-state index contributed by atoms with van der Waals surface area (Å²) in [6, 6.07) is 4.88. The van der Waals surface area contributed by atoms with Crippen molar-refractivity contribution in [1.82, 2.24) is 9.79 Å².